The molecule has 1 atom stereocenters. The van der Waals surface area contributed by atoms with E-state index in [4.69, 9.17) is 0 Å². The summed E-state index contributed by atoms with van der Waals surface area (Å²) in [6.07, 6.45) is 2.00. The number of aromatic nitrogens is 1. The molecule has 1 aromatic heterocycles. The number of carbonyl (C=O) groups is 1. The van der Waals surface area contributed by atoms with E-state index in [1.54, 1.807) is 10.6 Å². The van der Waals surface area contributed by atoms with Crippen LogP contribution in [0.4, 0.5) is 0 Å². The van der Waals surface area contributed by atoms with Crippen LogP contribution in [-0.2, 0) is 7.05 Å². The number of hydrogen-bond donors (Lipinski definition) is 2. The van der Waals surface area contributed by atoms with Crippen LogP contribution in [0.1, 0.15) is 23.8 Å². The average molecular weight is 196 g/mol. The minimum atomic E-state index is -0.459. The van der Waals surface area contributed by atoms with Gasteiger partial charge in [-0.2, -0.15) is 0 Å². The van der Waals surface area contributed by atoms with Gasteiger partial charge in [-0.25, -0.2) is 0 Å². The van der Waals surface area contributed by atoms with Crippen LogP contribution in [0.25, 0.3) is 0 Å². The van der Waals surface area contributed by atoms with Crippen molar-refractivity contribution in [3.63, 3.8) is 0 Å². The number of amides is 1. The van der Waals surface area contributed by atoms with E-state index in [0.717, 1.165) is 0 Å². The molecule has 0 bridgehead atoms. The molecule has 2 N–H and O–H groups in total. The minimum Gasteiger partial charge on any atom is -0.391 e. The van der Waals surface area contributed by atoms with Gasteiger partial charge >= 0.3 is 0 Å². The van der Waals surface area contributed by atoms with Crippen molar-refractivity contribution in [3.8, 4) is 0 Å². The predicted octanol–water partition coefficient (Wildman–Crippen LogP) is 0.526. The van der Waals surface area contributed by atoms with Gasteiger partial charge in [0.25, 0.3) is 5.91 Å². The van der Waals surface area contributed by atoms with Crippen molar-refractivity contribution >= 4 is 5.91 Å². The molecule has 0 aromatic carbocycles. The molecule has 0 unspecified atom stereocenters. The third kappa shape index (κ3) is 2.60. The van der Waals surface area contributed by atoms with Crippen LogP contribution in [0.15, 0.2) is 18.3 Å². The first-order valence-corrected chi connectivity index (χ1v) is 4.72. The molecule has 0 fully saturated rings. The summed E-state index contributed by atoms with van der Waals surface area (Å²) in [7, 11) is 1.81. The van der Waals surface area contributed by atoms with Crippen molar-refractivity contribution in [2.24, 2.45) is 7.05 Å². The van der Waals surface area contributed by atoms with Gasteiger partial charge < -0.3 is 15.0 Å². The summed E-state index contributed by atoms with van der Waals surface area (Å²) in [5.41, 5.74) is 0.605. The second-order valence-electron chi connectivity index (χ2n) is 3.28. The quantitative estimate of drug-likeness (QED) is 0.738. The first kappa shape index (κ1) is 10.8. The van der Waals surface area contributed by atoms with E-state index in [0.29, 0.717) is 18.7 Å². The van der Waals surface area contributed by atoms with E-state index in [1.807, 2.05) is 26.2 Å². The summed E-state index contributed by atoms with van der Waals surface area (Å²) in [5, 5.41) is 11.9. The van der Waals surface area contributed by atoms with Crippen LogP contribution >= 0.6 is 0 Å². The SMILES string of the molecule is CC[C@@H](O)CNC(=O)c1cccn1C. The molecule has 4 heteroatoms. The highest BCUT2D eigenvalue weighted by Gasteiger charge is 2.09. The number of nitrogens with one attached hydrogen (secondary N) is 1. The first-order chi connectivity index (χ1) is 6.65. The number of hydrogen-bond acceptors (Lipinski definition) is 2. The number of aliphatic hydroxyl groups is 1. The number of aliphatic hydroxyl groups excluding tert-OH is 1. The monoisotopic (exact) mass is 196 g/mol. The van der Waals surface area contributed by atoms with E-state index in [2.05, 4.69) is 5.32 Å². The molecule has 14 heavy (non-hydrogen) atoms. The van der Waals surface area contributed by atoms with Crippen molar-refractivity contribution in [1.82, 2.24) is 9.88 Å². The predicted molar refractivity (Wildman–Crippen MR) is 54.0 cm³/mol. The number of carbonyl (C=O) groups excluding carboxylic acids is 1. The fourth-order valence-corrected chi connectivity index (χ4v) is 1.14. The largest absolute Gasteiger partial charge is 0.391 e. The highest BCUT2D eigenvalue weighted by atomic mass is 16.3. The minimum absolute atomic E-state index is 0.148. The Morgan fingerprint density at radius 1 is 1.71 bits per heavy atom. The molecule has 1 rings (SSSR count). The van der Waals surface area contributed by atoms with Gasteiger partial charge in [0.1, 0.15) is 5.69 Å². The third-order valence-corrected chi connectivity index (χ3v) is 2.15. The molecule has 1 heterocycles. The third-order valence-electron chi connectivity index (χ3n) is 2.15. The van der Waals surface area contributed by atoms with Gasteiger partial charge in [-0.05, 0) is 18.6 Å². The number of nitrogens with zero attached hydrogens (tertiary/aromatic N) is 1. The summed E-state index contributed by atoms with van der Waals surface area (Å²) >= 11 is 0. The molecule has 0 spiro atoms. The van der Waals surface area contributed by atoms with Gasteiger partial charge in [0.15, 0.2) is 0 Å². The van der Waals surface area contributed by atoms with Gasteiger partial charge in [0.2, 0.25) is 0 Å². The molecule has 0 aliphatic carbocycles. The molecule has 0 saturated carbocycles. The smallest absolute Gasteiger partial charge is 0.267 e. The van der Waals surface area contributed by atoms with Crippen LogP contribution in [-0.4, -0.2) is 28.2 Å². The maximum atomic E-state index is 11.5. The molecule has 0 radical (unpaired) electrons. The van der Waals surface area contributed by atoms with Crippen molar-refractivity contribution in [1.29, 1.82) is 0 Å². The van der Waals surface area contributed by atoms with E-state index >= 15 is 0 Å². The van der Waals surface area contributed by atoms with Gasteiger partial charge in [-0.1, -0.05) is 6.92 Å². The maximum Gasteiger partial charge on any atom is 0.267 e. The van der Waals surface area contributed by atoms with E-state index in [-0.39, 0.29) is 5.91 Å². The molecule has 4 nitrogen and oxygen atoms in total. The van der Waals surface area contributed by atoms with Gasteiger partial charge in [-0.15, -0.1) is 0 Å². The molecule has 1 aromatic rings. The van der Waals surface area contributed by atoms with Crippen LogP contribution < -0.4 is 5.32 Å². The standard InChI is InChI=1S/C10H16N2O2/c1-3-8(13)7-11-10(14)9-5-4-6-12(9)2/h4-6,8,13H,3,7H2,1-2H3,(H,11,14)/t8-/m1/s1. The first-order valence-electron chi connectivity index (χ1n) is 4.72. The second-order valence-corrected chi connectivity index (χ2v) is 3.28. The summed E-state index contributed by atoms with van der Waals surface area (Å²) in [6, 6.07) is 3.55. The Bertz CT molecular complexity index is 307. The van der Waals surface area contributed by atoms with Gasteiger partial charge in [0, 0.05) is 19.8 Å². The lowest BCUT2D eigenvalue weighted by atomic mass is 10.3. The Labute approximate surface area is 83.5 Å². The highest BCUT2D eigenvalue weighted by molar-refractivity contribution is 5.92. The second kappa shape index (κ2) is 4.81. The van der Waals surface area contributed by atoms with Gasteiger partial charge in [0.05, 0.1) is 6.10 Å². The number of rotatable bonds is 4. The topological polar surface area (TPSA) is 54.3 Å². The van der Waals surface area contributed by atoms with E-state index in [1.165, 1.54) is 0 Å². The van der Waals surface area contributed by atoms with Crippen LogP contribution in [0, 0.1) is 0 Å². The van der Waals surface area contributed by atoms with Crippen LogP contribution in [0.2, 0.25) is 0 Å². The fraction of sp³-hybridized carbons (Fsp3) is 0.500. The Kier molecular flexibility index (Phi) is 3.71. The summed E-state index contributed by atoms with van der Waals surface area (Å²) < 4.78 is 1.74. The Hall–Kier alpha value is -1.29. The molecular formula is C10H16N2O2. The van der Waals surface area contributed by atoms with Crippen LogP contribution in [0.3, 0.4) is 0 Å². The molecule has 0 saturated heterocycles. The summed E-state index contributed by atoms with van der Waals surface area (Å²) in [6.45, 7) is 2.18. The lowest BCUT2D eigenvalue weighted by molar-refractivity contribution is 0.0906. The Morgan fingerprint density at radius 2 is 2.43 bits per heavy atom. The zero-order chi connectivity index (χ0) is 10.6. The molecular weight excluding hydrogens is 180 g/mol. The van der Waals surface area contributed by atoms with Gasteiger partial charge in [-0.3, -0.25) is 4.79 Å². The molecule has 78 valence electrons. The lowest BCUT2D eigenvalue weighted by Gasteiger charge is -2.09. The van der Waals surface area contributed by atoms with Crippen LogP contribution in [0.5, 0.6) is 0 Å². The zero-order valence-corrected chi connectivity index (χ0v) is 8.53. The van der Waals surface area contributed by atoms with Crippen molar-refractivity contribution < 1.29 is 9.90 Å². The normalized spacial score (nSPS) is 12.5. The maximum absolute atomic E-state index is 11.5. The van der Waals surface area contributed by atoms with Crippen molar-refractivity contribution in [2.75, 3.05) is 6.54 Å². The van der Waals surface area contributed by atoms with E-state index < -0.39 is 6.10 Å². The summed E-state index contributed by atoms with van der Waals surface area (Å²) in [4.78, 5) is 11.5. The van der Waals surface area contributed by atoms with Crippen molar-refractivity contribution in [3.05, 3.63) is 24.0 Å². The molecule has 0 aliphatic rings. The van der Waals surface area contributed by atoms with Crippen molar-refractivity contribution in [2.45, 2.75) is 19.4 Å². The highest BCUT2D eigenvalue weighted by Crippen LogP contribution is 1.99. The molecule has 0 aliphatic heterocycles. The average Bonchev–Trinajstić information content (AvgIpc) is 2.60. The van der Waals surface area contributed by atoms with E-state index in [9.17, 15) is 9.90 Å². The fourth-order valence-electron chi connectivity index (χ4n) is 1.14. The molecule has 1 amide bonds. The zero-order valence-electron chi connectivity index (χ0n) is 8.53. The number of aryl methyl sites for hydroxylation is 1. The summed E-state index contributed by atoms with van der Waals surface area (Å²) in [5.74, 6) is -0.148. The Morgan fingerprint density at radius 3 is 2.93 bits per heavy atom. The lowest BCUT2D eigenvalue weighted by Crippen LogP contribution is -2.32. The Balaban J connectivity index is 2.47.